The van der Waals surface area contributed by atoms with Gasteiger partial charge in [-0.15, -0.1) is 0 Å². The molecule has 3 nitrogen and oxygen atoms in total. The third-order valence-electron chi connectivity index (χ3n) is 3.37. The maximum Gasteiger partial charge on any atom is 0.0561 e. The zero-order valence-corrected chi connectivity index (χ0v) is 9.33. The standard InChI is InChI=1S/C11H22N2O/c1-9-8-13(5-4-12-9)11-3-6-14-10(2)7-11/h9-12H,3-8H2,1-2H3. The molecule has 3 atom stereocenters. The molecule has 2 aliphatic heterocycles. The van der Waals surface area contributed by atoms with Crippen LogP contribution in [-0.4, -0.2) is 49.3 Å². The highest BCUT2D eigenvalue weighted by Crippen LogP contribution is 2.19. The van der Waals surface area contributed by atoms with E-state index in [1.54, 1.807) is 0 Å². The van der Waals surface area contributed by atoms with Crippen LogP contribution in [0.25, 0.3) is 0 Å². The van der Waals surface area contributed by atoms with E-state index in [0.717, 1.165) is 19.2 Å². The first kappa shape index (κ1) is 10.4. The van der Waals surface area contributed by atoms with Gasteiger partial charge in [0.1, 0.15) is 0 Å². The Kier molecular flexibility index (Phi) is 3.42. The molecule has 0 aromatic heterocycles. The number of ether oxygens (including phenoxy) is 1. The van der Waals surface area contributed by atoms with Crippen LogP contribution in [0.15, 0.2) is 0 Å². The van der Waals surface area contributed by atoms with Crippen molar-refractivity contribution in [2.24, 2.45) is 0 Å². The van der Waals surface area contributed by atoms with E-state index in [9.17, 15) is 0 Å². The number of piperazine rings is 1. The van der Waals surface area contributed by atoms with Gasteiger partial charge in [0.2, 0.25) is 0 Å². The summed E-state index contributed by atoms with van der Waals surface area (Å²) in [7, 11) is 0. The summed E-state index contributed by atoms with van der Waals surface area (Å²) < 4.78 is 5.58. The molecule has 0 saturated carbocycles. The molecule has 0 amide bonds. The van der Waals surface area contributed by atoms with Gasteiger partial charge in [-0.3, -0.25) is 4.90 Å². The molecule has 1 N–H and O–H groups in total. The Bertz CT molecular complexity index is 166. The summed E-state index contributed by atoms with van der Waals surface area (Å²) in [6.45, 7) is 8.98. The van der Waals surface area contributed by atoms with Crippen molar-refractivity contribution in [3.05, 3.63) is 0 Å². The minimum atomic E-state index is 0.457. The lowest BCUT2D eigenvalue weighted by Crippen LogP contribution is -2.54. The van der Waals surface area contributed by atoms with E-state index >= 15 is 0 Å². The van der Waals surface area contributed by atoms with Gasteiger partial charge in [-0.2, -0.15) is 0 Å². The predicted molar refractivity (Wildman–Crippen MR) is 57.5 cm³/mol. The van der Waals surface area contributed by atoms with Crippen LogP contribution in [0.3, 0.4) is 0 Å². The first-order valence-corrected chi connectivity index (χ1v) is 5.84. The summed E-state index contributed by atoms with van der Waals surface area (Å²) >= 11 is 0. The third kappa shape index (κ3) is 2.47. The molecule has 2 aliphatic rings. The molecule has 2 rings (SSSR count). The third-order valence-corrected chi connectivity index (χ3v) is 3.37. The minimum Gasteiger partial charge on any atom is -0.378 e. The van der Waals surface area contributed by atoms with E-state index in [4.69, 9.17) is 4.74 Å². The topological polar surface area (TPSA) is 24.5 Å². The number of hydrogen-bond acceptors (Lipinski definition) is 3. The predicted octanol–water partition coefficient (Wildman–Crippen LogP) is 0.848. The van der Waals surface area contributed by atoms with Crippen molar-refractivity contribution in [1.82, 2.24) is 10.2 Å². The highest BCUT2D eigenvalue weighted by atomic mass is 16.5. The second-order valence-electron chi connectivity index (χ2n) is 4.71. The van der Waals surface area contributed by atoms with Gasteiger partial charge in [-0.1, -0.05) is 0 Å². The first-order chi connectivity index (χ1) is 6.75. The lowest BCUT2D eigenvalue weighted by molar-refractivity contribution is -0.0227. The van der Waals surface area contributed by atoms with Crippen LogP contribution < -0.4 is 5.32 Å². The monoisotopic (exact) mass is 198 g/mol. The van der Waals surface area contributed by atoms with E-state index in [2.05, 4.69) is 24.1 Å². The van der Waals surface area contributed by atoms with Crippen LogP contribution in [0.2, 0.25) is 0 Å². The van der Waals surface area contributed by atoms with Gasteiger partial charge in [0.25, 0.3) is 0 Å². The fourth-order valence-corrected chi connectivity index (χ4v) is 2.60. The maximum absolute atomic E-state index is 5.58. The summed E-state index contributed by atoms with van der Waals surface area (Å²) in [4.78, 5) is 2.64. The van der Waals surface area contributed by atoms with Gasteiger partial charge < -0.3 is 10.1 Å². The quantitative estimate of drug-likeness (QED) is 0.676. The Morgan fingerprint density at radius 3 is 2.93 bits per heavy atom. The number of nitrogens with zero attached hydrogens (tertiary/aromatic N) is 1. The Labute approximate surface area is 86.8 Å². The van der Waals surface area contributed by atoms with E-state index in [1.807, 2.05) is 0 Å². The normalized spacial score (nSPS) is 41.1. The van der Waals surface area contributed by atoms with Gasteiger partial charge in [0, 0.05) is 38.3 Å². The summed E-state index contributed by atoms with van der Waals surface area (Å²) in [5, 5.41) is 3.49. The summed E-state index contributed by atoms with van der Waals surface area (Å²) in [5.41, 5.74) is 0. The molecule has 2 heterocycles. The number of nitrogens with one attached hydrogen (secondary N) is 1. The van der Waals surface area contributed by atoms with Crippen molar-refractivity contribution >= 4 is 0 Å². The fraction of sp³-hybridized carbons (Fsp3) is 1.00. The highest BCUT2D eigenvalue weighted by Gasteiger charge is 2.27. The average Bonchev–Trinajstić information content (AvgIpc) is 2.18. The molecule has 3 heteroatoms. The molecular weight excluding hydrogens is 176 g/mol. The minimum absolute atomic E-state index is 0.457. The summed E-state index contributed by atoms with van der Waals surface area (Å²) in [5.74, 6) is 0. The van der Waals surface area contributed by atoms with Crippen molar-refractivity contribution in [2.45, 2.75) is 44.9 Å². The van der Waals surface area contributed by atoms with E-state index in [0.29, 0.717) is 12.1 Å². The lowest BCUT2D eigenvalue weighted by Gasteiger charge is -2.41. The van der Waals surface area contributed by atoms with Crippen LogP contribution in [0.1, 0.15) is 26.7 Å². The van der Waals surface area contributed by atoms with Crippen LogP contribution in [-0.2, 0) is 4.74 Å². The van der Waals surface area contributed by atoms with Gasteiger partial charge in [0.05, 0.1) is 6.10 Å². The Hall–Kier alpha value is -0.120. The molecule has 2 saturated heterocycles. The van der Waals surface area contributed by atoms with Crippen LogP contribution in [0, 0.1) is 0 Å². The second-order valence-corrected chi connectivity index (χ2v) is 4.71. The van der Waals surface area contributed by atoms with Gasteiger partial charge in [0.15, 0.2) is 0 Å². The van der Waals surface area contributed by atoms with E-state index in [-0.39, 0.29) is 0 Å². The molecule has 0 radical (unpaired) electrons. The molecule has 14 heavy (non-hydrogen) atoms. The molecular formula is C11H22N2O. The molecule has 3 unspecified atom stereocenters. The largest absolute Gasteiger partial charge is 0.378 e. The van der Waals surface area contributed by atoms with Crippen LogP contribution in [0.5, 0.6) is 0 Å². The lowest BCUT2D eigenvalue weighted by atomic mass is 10.0. The smallest absolute Gasteiger partial charge is 0.0561 e. The Balaban J connectivity index is 1.86. The summed E-state index contributed by atoms with van der Waals surface area (Å²) in [6, 6.07) is 1.42. The molecule has 0 aliphatic carbocycles. The molecule has 0 aromatic carbocycles. The molecule has 82 valence electrons. The molecule has 0 bridgehead atoms. The second kappa shape index (κ2) is 4.60. The zero-order valence-electron chi connectivity index (χ0n) is 9.33. The Morgan fingerprint density at radius 1 is 1.36 bits per heavy atom. The Morgan fingerprint density at radius 2 is 2.21 bits per heavy atom. The molecule has 0 aromatic rings. The first-order valence-electron chi connectivity index (χ1n) is 5.84. The molecule has 0 spiro atoms. The van der Waals surface area contributed by atoms with Crippen molar-refractivity contribution in [1.29, 1.82) is 0 Å². The fourth-order valence-electron chi connectivity index (χ4n) is 2.60. The molecule has 2 fully saturated rings. The summed E-state index contributed by atoms with van der Waals surface area (Å²) in [6.07, 6.45) is 2.89. The van der Waals surface area contributed by atoms with Crippen molar-refractivity contribution < 1.29 is 4.74 Å². The van der Waals surface area contributed by atoms with E-state index in [1.165, 1.54) is 25.9 Å². The van der Waals surface area contributed by atoms with Crippen LogP contribution >= 0.6 is 0 Å². The van der Waals surface area contributed by atoms with Crippen LogP contribution in [0.4, 0.5) is 0 Å². The van der Waals surface area contributed by atoms with E-state index < -0.39 is 0 Å². The van der Waals surface area contributed by atoms with Gasteiger partial charge in [-0.25, -0.2) is 0 Å². The van der Waals surface area contributed by atoms with Gasteiger partial charge >= 0.3 is 0 Å². The maximum atomic E-state index is 5.58. The van der Waals surface area contributed by atoms with Crippen molar-refractivity contribution in [3.8, 4) is 0 Å². The highest BCUT2D eigenvalue weighted by molar-refractivity contribution is 4.83. The van der Waals surface area contributed by atoms with Gasteiger partial charge in [-0.05, 0) is 26.7 Å². The van der Waals surface area contributed by atoms with Crippen molar-refractivity contribution in [3.63, 3.8) is 0 Å². The SMILES string of the molecule is CC1CN(C2CCOC(C)C2)CCN1. The average molecular weight is 198 g/mol. The number of hydrogen-bond donors (Lipinski definition) is 1. The number of rotatable bonds is 1. The van der Waals surface area contributed by atoms with Crippen molar-refractivity contribution in [2.75, 3.05) is 26.2 Å². The zero-order chi connectivity index (χ0) is 9.97.